The van der Waals surface area contributed by atoms with E-state index in [0.29, 0.717) is 13.1 Å². The number of hydrogen-bond donors (Lipinski definition) is 2. The summed E-state index contributed by atoms with van der Waals surface area (Å²) in [5.74, 6) is 1.70. The smallest absolute Gasteiger partial charge is 0.191 e. The van der Waals surface area contributed by atoms with Crippen LogP contribution in [0.1, 0.15) is 11.5 Å². The van der Waals surface area contributed by atoms with Crippen molar-refractivity contribution in [1.29, 1.82) is 0 Å². The van der Waals surface area contributed by atoms with Gasteiger partial charge in [-0.15, -0.1) is 0 Å². The topological polar surface area (TPSA) is 72.1 Å². The van der Waals surface area contributed by atoms with Gasteiger partial charge in [0.15, 0.2) is 5.96 Å². The summed E-state index contributed by atoms with van der Waals surface area (Å²) in [7, 11) is 5.63. The quantitative estimate of drug-likeness (QED) is 0.601. The molecule has 2 N–H and O–H groups in total. The average molecular weight is 261 g/mol. The zero-order valence-corrected chi connectivity index (χ0v) is 11.5. The summed E-state index contributed by atoms with van der Waals surface area (Å²) in [5.41, 5.74) is 1.10. The SMILES string of the molecule is CN=C(NCc1nccn1C)NCc1ccnn1C. The highest BCUT2D eigenvalue weighted by atomic mass is 15.3. The van der Waals surface area contributed by atoms with E-state index < -0.39 is 0 Å². The molecule has 0 saturated heterocycles. The van der Waals surface area contributed by atoms with Gasteiger partial charge in [0.1, 0.15) is 5.82 Å². The predicted molar refractivity (Wildman–Crippen MR) is 73.5 cm³/mol. The normalized spacial score (nSPS) is 11.6. The maximum absolute atomic E-state index is 4.25. The first-order valence-corrected chi connectivity index (χ1v) is 6.08. The maximum atomic E-state index is 4.25. The molecule has 0 fully saturated rings. The number of imidazole rings is 1. The molecular formula is C12H19N7. The minimum absolute atomic E-state index is 0.633. The lowest BCUT2D eigenvalue weighted by Gasteiger charge is -2.11. The summed E-state index contributed by atoms with van der Waals surface area (Å²) in [5, 5.41) is 10.6. The minimum atomic E-state index is 0.633. The fraction of sp³-hybridized carbons (Fsp3) is 0.417. The van der Waals surface area contributed by atoms with Gasteiger partial charge in [-0.3, -0.25) is 9.67 Å². The van der Waals surface area contributed by atoms with Gasteiger partial charge in [0.05, 0.1) is 18.8 Å². The van der Waals surface area contributed by atoms with Crippen LogP contribution in [0.4, 0.5) is 0 Å². The first-order chi connectivity index (χ1) is 9.20. The minimum Gasteiger partial charge on any atom is -0.351 e. The van der Waals surface area contributed by atoms with Crippen LogP contribution in [0.5, 0.6) is 0 Å². The van der Waals surface area contributed by atoms with Crippen molar-refractivity contribution in [3.63, 3.8) is 0 Å². The van der Waals surface area contributed by atoms with Crippen LogP contribution in [-0.2, 0) is 27.2 Å². The maximum Gasteiger partial charge on any atom is 0.191 e. The molecule has 102 valence electrons. The first-order valence-electron chi connectivity index (χ1n) is 6.08. The van der Waals surface area contributed by atoms with E-state index in [0.717, 1.165) is 17.5 Å². The second kappa shape index (κ2) is 6.03. The molecule has 0 aliphatic carbocycles. The van der Waals surface area contributed by atoms with Gasteiger partial charge in [-0.1, -0.05) is 0 Å². The van der Waals surface area contributed by atoms with Crippen molar-refractivity contribution < 1.29 is 0 Å². The van der Waals surface area contributed by atoms with Gasteiger partial charge in [0.25, 0.3) is 0 Å². The second-order valence-corrected chi connectivity index (χ2v) is 4.18. The Bertz CT molecular complexity index is 506. The van der Waals surface area contributed by atoms with Crippen molar-refractivity contribution >= 4 is 5.96 Å². The van der Waals surface area contributed by atoms with Gasteiger partial charge >= 0.3 is 0 Å². The van der Waals surface area contributed by atoms with E-state index in [4.69, 9.17) is 0 Å². The lowest BCUT2D eigenvalue weighted by Crippen LogP contribution is -2.37. The molecule has 2 heterocycles. The highest BCUT2D eigenvalue weighted by Crippen LogP contribution is 1.95. The van der Waals surface area contributed by atoms with E-state index in [9.17, 15) is 0 Å². The lowest BCUT2D eigenvalue weighted by atomic mass is 10.4. The Balaban J connectivity index is 1.84. The van der Waals surface area contributed by atoms with E-state index in [2.05, 4.69) is 25.7 Å². The molecule has 0 saturated carbocycles. The van der Waals surface area contributed by atoms with E-state index in [1.165, 1.54) is 0 Å². The molecule has 0 aliphatic rings. The third-order valence-corrected chi connectivity index (χ3v) is 2.92. The van der Waals surface area contributed by atoms with Crippen LogP contribution in [0.25, 0.3) is 0 Å². The molecule has 19 heavy (non-hydrogen) atoms. The molecule has 7 nitrogen and oxygen atoms in total. The van der Waals surface area contributed by atoms with E-state index >= 15 is 0 Å². The molecule has 0 aliphatic heterocycles. The van der Waals surface area contributed by atoms with Gasteiger partial charge in [0.2, 0.25) is 0 Å². The van der Waals surface area contributed by atoms with Crippen LogP contribution in [0, 0.1) is 0 Å². The fourth-order valence-electron chi connectivity index (χ4n) is 1.70. The molecule has 0 unspecified atom stereocenters. The van der Waals surface area contributed by atoms with Crippen molar-refractivity contribution in [2.24, 2.45) is 19.1 Å². The first kappa shape index (κ1) is 13.1. The fourth-order valence-corrected chi connectivity index (χ4v) is 1.70. The molecule has 0 amide bonds. The highest BCUT2D eigenvalue weighted by Gasteiger charge is 2.03. The molecule has 0 aromatic carbocycles. The monoisotopic (exact) mass is 261 g/mol. The Labute approximate surface area is 112 Å². The zero-order valence-electron chi connectivity index (χ0n) is 11.5. The van der Waals surface area contributed by atoms with Crippen LogP contribution >= 0.6 is 0 Å². The van der Waals surface area contributed by atoms with Crippen molar-refractivity contribution in [3.8, 4) is 0 Å². The molecule has 0 spiro atoms. The largest absolute Gasteiger partial charge is 0.351 e. The lowest BCUT2D eigenvalue weighted by molar-refractivity contribution is 0.677. The molecule has 2 aromatic heterocycles. The summed E-state index contributed by atoms with van der Waals surface area (Å²) in [4.78, 5) is 8.42. The molecular weight excluding hydrogens is 242 g/mol. The van der Waals surface area contributed by atoms with Crippen molar-refractivity contribution in [2.75, 3.05) is 7.05 Å². The van der Waals surface area contributed by atoms with Gasteiger partial charge in [-0.2, -0.15) is 5.10 Å². The number of aliphatic imine (C=N–C) groups is 1. The Hall–Kier alpha value is -2.31. The summed E-state index contributed by atoms with van der Waals surface area (Å²) in [6.07, 6.45) is 5.48. The standard InChI is InChI=1S/C12H19N7/c1-13-12(15-8-10-4-5-17-19(10)3)16-9-11-14-6-7-18(11)2/h4-7H,8-9H2,1-3H3,(H2,13,15,16). The van der Waals surface area contributed by atoms with Crippen LogP contribution in [0.3, 0.4) is 0 Å². The number of aromatic nitrogens is 4. The van der Waals surface area contributed by atoms with Gasteiger partial charge in [0, 0.05) is 39.7 Å². The van der Waals surface area contributed by atoms with E-state index in [-0.39, 0.29) is 0 Å². The number of hydrogen-bond acceptors (Lipinski definition) is 3. The number of guanidine groups is 1. The Morgan fingerprint density at radius 2 is 2.05 bits per heavy atom. The van der Waals surface area contributed by atoms with Gasteiger partial charge in [-0.25, -0.2) is 4.98 Å². The predicted octanol–water partition coefficient (Wildman–Crippen LogP) is 0.0188. The third-order valence-electron chi connectivity index (χ3n) is 2.92. The van der Waals surface area contributed by atoms with Crippen LogP contribution < -0.4 is 10.6 Å². The van der Waals surface area contributed by atoms with Gasteiger partial charge < -0.3 is 15.2 Å². The summed E-state index contributed by atoms with van der Waals surface area (Å²) >= 11 is 0. The zero-order chi connectivity index (χ0) is 13.7. The molecule has 2 aromatic rings. The third kappa shape index (κ3) is 3.34. The number of nitrogens with one attached hydrogen (secondary N) is 2. The number of aryl methyl sites for hydroxylation is 2. The van der Waals surface area contributed by atoms with Crippen LogP contribution in [0.15, 0.2) is 29.6 Å². The Morgan fingerprint density at radius 3 is 2.63 bits per heavy atom. The summed E-state index contributed by atoms with van der Waals surface area (Å²) < 4.78 is 3.81. The molecule has 0 atom stereocenters. The molecule has 0 bridgehead atoms. The number of nitrogens with zero attached hydrogens (tertiary/aromatic N) is 5. The van der Waals surface area contributed by atoms with E-state index in [1.54, 1.807) is 19.4 Å². The van der Waals surface area contributed by atoms with Crippen LogP contribution in [-0.4, -0.2) is 32.3 Å². The summed E-state index contributed by atoms with van der Waals surface area (Å²) in [6, 6.07) is 1.97. The Kier molecular flexibility index (Phi) is 4.17. The average Bonchev–Trinajstić information content (AvgIpc) is 2.99. The highest BCUT2D eigenvalue weighted by molar-refractivity contribution is 5.79. The van der Waals surface area contributed by atoms with Crippen molar-refractivity contribution in [1.82, 2.24) is 30.0 Å². The molecule has 2 rings (SSSR count). The number of rotatable bonds is 4. The van der Waals surface area contributed by atoms with Crippen LogP contribution in [0.2, 0.25) is 0 Å². The van der Waals surface area contributed by atoms with Gasteiger partial charge in [-0.05, 0) is 6.07 Å². The summed E-state index contributed by atoms with van der Waals surface area (Å²) in [6.45, 7) is 1.31. The molecule has 7 heteroatoms. The molecule has 0 radical (unpaired) electrons. The van der Waals surface area contributed by atoms with E-state index in [1.807, 2.05) is 35.6 Å². The van der Waals surface area contributed by atoms with Crippen molar-refractivity contribution in [2.45, 2.75) is 13.1 Å². The Morgan fingerprint density at radius 1 is 1.26 bits per heavy atom. The van der Waals surface area contributed by atoms with Crippen molar-refractivity contribution in [3.05, 3.63) is 36.2 Å². The second-order valence-electron chi connectivity index (χ2n) is 4.18.